The Bertz CT molecular complexity index is 328. The number of rotatable bonds is 15. The third kappa shape index (κ3) is 18.7. The standard InChI is InChI=1S/C22H35/c1-3-5-7-9-11-13-15-17-19-21-22-20-18-16-14-12-10-8-6-4-2/h1,3,5,7,9,11,13,15,17,19H,4,6,8,10,12,14,16,18,20-22H2,2H3. The van der Waals surface area contributed by atoms with Gasteiger partial charge in [0, 0.05) is 0 Å². The summed E-state index contributed by atoms with van der Waals surface area (Å²) in [5.74, 6) is 0. The summed E-state index contributed by atoms with van der Waals surface area (Å²) in [6.45, 7) is 7.50. The fourth-order valence-corrected chi connectivity index (χ4v) is 2.31. The Morgan fingerprint density at radius 3 is 1.55 bits per heavy atom. The molecule has 0 nitrogen and oxygen atoms in total. The monoisotopic (exact) mass is 299 g/mol. The van der Waals surface area contributed by atoms with Gasteiger partial charge < -0.3 is 0 Å². The van der Waals surface area contributed by atoms with Gasteiger partial charge in [-0.2, -0.15) is 0 Å². The predicted molar refractivity (Wildman–Crippen MR) is 102 cm³/mol. The first-order valence-corrected chi connectivity index (χ1v) is 9.12. The smallest absolute Gasteiger partial charge is 0.0348 e. The molecule has 0 heteroatoms. The number of hydrogen-bond acceptors (Lipinski definition) is 0. The van der Waals surface area contributed by atoms with Crippen molar-refractivity contribution in [1.82, 2.24) is 0 Å². The van der Waals surface area contributed by atoms with Crippen molar-refractivity contribution in [2.75, 3.05) is 0 Å². The van der Waals surface area contributed by atoms with Crippen molar-refractivity contribution in [2.24, 2.45) is 0 Å². The lowest BCUT2D eigenvalue weighted by atomic mass is 10.1. The van der Waals surface area contributed by atoms with E-state index in [2.05, 4.69) is 25.2 Å². The molecule has 22 heavy (non-hydrogen) atoms. The summed E-state index contributed by atoms with van der Waals surface area (Å²) in [4.78, 5) is 0. The zero-order valence-corrected chi connectivity index (χ0v) is 14.6. The Hall–Kier alpha value is -1.30. The molecule has 0 fully saturated rings. The molecule has 0 rings (SSSR count). The van der Waals surface area contributed by atoms with Gasteiger partial charge in [-0.05, 0) is 12.8 Å². The predicted octanol–water partition coefficient (Wildman–Crippen LogP) is 7.51. The average Bonchev–Trinajstić information content (AvgIpc) is 2.54. The molecule has 0 aliphatic rings. The highest BCUT2D eigenvalue weighted by Crippen LogP contribution is 2.11. The van der Waals surface area contributed by atoms with Gasteiger partial charge in [-0.1, -0.05) is 126 Å². The van der Waals surface area contributed by atoms with Gasteiger partial charge >= 0.3 is 0 Å². The van der Waals surface area contributed by atoms with E-state index < -0.39 is 0 Å². The van der Waals surface area contributed by atoms with Crippen molar-refractivity contribution in [3.63, 3.8) is 0 Å². The quantitative estimate of drug-likeness (QED) is 0.217. The van der Waals surface area contributed by atoms with Crippen LogP contribution >= 0.6 is 0 Å². The van der Waals surface area contributed by atoms with Crippen LogP contribution in [0.4, 0.5) is 0 Å². The molecule has 0 aliphatic heterocycles. The molecule has 0 heterocycles. The Labute approximate surface area is 139 Å². The van der Waals surface area contributed by atoms with Gasteiger partial charge in [-0.3, -0.25) is 0 Å². The second-order valence-electron chi connectivity index (χ2n) is 5.75. The minimum absolute atomic E-state index is 1.20. The minimum Gasteiger partial charge on any atom is -0.0845 e. The van der Waals surface area contributed by atoms with Gasteiger partial charge in [-0.15, -0.1) is 0 Å². The lowest BCUT2D eigenvalue weighted by Gasteiger charge is -2.01. The second-order valence-corrected chi connectivity index (χ2v) is 5.75. The zero-order chi connectivity index (χ0) is 16.1. The molecule has 0 spiro atoms. The van der Waals surface area contributed by atoms with Gasteiger partial charge in [0.05, 0.1) is 0 Å². The lowest BCUT2D eigenvalue weighted by molar-refractivity contribution is 0.557. The van der Waals surface area contributed by atoms with E-state index in [9.17, 15) is 0 Å². The third-order valence-electron chi connectivity index (χ3n) is 3.64. The number of hydrogen-bond donors (Lipinski definition) is 0. The normalized spacial score (nSPS) is 12.4. The van der Waals surface area contributed by atoms with Crippen LogP contribution in [0.5, 0.6) is 0 Å². The van der Waals surface area contributed by atoms with E-state index >= 15 is 0 Å². The summed E-state index contributed by atoms with van der Waals surface area (Å²) >= 11 is 0. The van der Waals surface area contributed by atoms with E-state index in [-0.39, 0.29) is 0 Å². The van der Waals surface area contributed by atoms with Gasteiger partial charge in [-0.25, -0.2) is 0 Å². The van der Waals surface area contributed by atoms with Gasteiger partial charge in [0.25, 0.3) is 0 Å². The van der Waals surface area contributed by atoms with Crippen LogP contribution in [-0.2, 0) is 0 Å². The molecule has 0 saturated heterocycles. The van der Waals surface area contributed by atoms with Crippen molar-refractivity contribution in [1.29, 1.82) is 0 Å². The SMILES string of the molecule is [CH]=CC=CC=CC=CC=CCCCCCCCCCCCC. The molecule has 1 radical (unpaired) electrons. The van der Waals surface area contributed by atoms with Crippen molar-refractivity contribution in [3.8, 4) is 0 Å². The second kappa shape index (κ2) is 19.7. The summed E-state index contributed by atoms with van der Waals surface area (Å²) < 4.78 is 0. The maximum absolute atomic E-state index is 5.23. The Kier molecular flexibility index (Phi) is 18.5. The van der Waals surface area contributed by atoms with E-state index in [1.807, 2.05) is 30.4 Å². The van der Waals surface area contributed by atoms with Crippen LogP contribution < -0.4 is 0 Å². The van der Waals surface area contributed by atoms with Crippen molar-refractivity contribution >= 4 is 0 Å². The number of allylic oxidation sites excluding steroid dienone is 9. The lowest BCUT2D eigenvalue weighted by Crippen LogP contribution is -1.81. The minimum atomic E-state index is 1.20. The molecule has 0 N–H and O–H groups in total. The van der Waals surface area contributed by atoms with Crippen molar-refractivity contribution < 1.29 is 0 Å². The summed E-state index contributed by atoms with van der Waals surface area (Å²) in [6, 6.07) is 0. The molecular weight excluding hydrogens is 264 g/mol. The maximum Gasteiger partial charge on any atom is -0.0348 e. The zero-order valence-electron chi connectivity index (χ0n) is 14.6. The first-order chi connectivity index (χ1) is 10.9. The van der Waals surface area contributed by atoms with Crippen LogP contribution in [0.2, 0.25) is 0 Å². The Balaban J connectivity index is 3.26. The summed E-state index contributed by atoms with van der Waals surface area (Å²) in [5, 5.41) is 0. The van der Waals surface area contributed by atoms with Crippen LogP contribution in [0.15, 0.2) is 54.7 Å². The molecule has 0 unspecified atom stereocenters. The van der Waals surface area contributed by atoms with Crippen LogP contribution in [-0.4, -0.2) is 0 Å². The first kappa shape index (κ1) is 20.7. The van der Waals surface area contributed by atoms with Gasteiger partial charge in [0.2, 0.25) is 0 Å². The van der Waals surface area contributed by atoms with Crippen molar-refractivity contribution in [2.45, 2.75) is 77.6 Å². The van der Waals surface area contributed by atoms with Crippen LogP contribution in [0, 0.1) is 6.58 Å². The first-order valence-electron chi connectivity index (χ1n) is 9.12. The van der Waals surface area contributed by atoms with Crippen LogP contribution in [0.3, 0.4) is 0 Å². The van der Waals surface area contributed by atoms with Crippen LogP contribution in [0.1, 0.15) is 77.6 Å². The maximum atomic E-state index is 5.23. The molecule has 0 aliphatic carbocycles. The highest BCUT2D eigenvalue weighted by molar-refractivity contribution is 5.16. The summed E-state index contributed by atoms with van der Waals surface area (Å²) in [6.07, 6.45) is 33.0. The molecule has 0 aromatic rings. The van der Waals surface area contributed by atoms with Gasteiger partial charge in [0.15, 0.2) is 0 Å². The molecular formula is C22H35. The topological polar surface area (TPSA) is 0 Å². The highest BCUT2D eigenvalue weighted by Gasteiger charge is 1.91. The molecule has 0 saturated carbocycles. The molecule has 123 valence electrons. The summed E-state index contributed by atoms with van der Waals surface area (Å²) in [7, 11) is 0. The highest BCUT2D eigenvalue weighted by atomic mass is 14.0. The van der Waals surface area contributed by atoms with Crippen molar-refractivity contribution in [3.05, 3.63) is 61.3 Å². The van der Waals surface area contributed by atoms with Gasteiger partial charge in [0.1, 0.15) is 0 Å². The van der Waals surface area contributed by atoms with E-state index in [1.54, 1.807) is 0 Å². The van der Waals surface area contributed by atoms with E-state index in [1.165, 1.54) is 76.7 Å². The molecule has 0 atom stereocenters. The molecule has 0 amide bonds. The van der Waals surface area contributed by atoms with Crippen LogP contribution in [0.25, 0.3) is 0 Å². The Morgan fingerprint density at radius 1 is 0.545 bits per heavy atom. The van der Waals surface area contributed by atoms with E-state index in [0.717, 1.165) is 0 Å². The largest absolute Gasteiger partial charge is 0.0845 e. The number of unbranched alkanes of at least 4 members (excludes halogenated alkanes) is 10. The van der Waals surface area contributed by atoms with E-state index in [0.29, 0.717) is 0 Å². The Morgan fingerprint density at radius 2 is 1.00 bits per heavy atom. The summed E-state index contributed by atoms with van der Waals surface area (Å²) in [5.41, 5.74) is 0. The average molecular weight is 300 g/mol. The molecule has 0 aromatic heterocycles. The van der Waals surface area contributed by atoms with E-state index in [4.69, 9.17) is 6.58 Å². The fourth-order valence-electron chi connectivity index (χ4n) is 2.31. The third-order valence-corrected chi connectivity index (χ3v) is 3.64. The fraction of sp³-hybridized carbons (Fsp3) is 0.545. The molecule has 0 bridgehead atoms. The molecule has 0 aromatic carbocycles.